The number of nitrogens with one attached hydrogen (secondary N) is 1. The van der Waals surface area contributed by atoms with Crippen molar-refractivity contribution in [2.24, 2.45) is 11.7 Å². The third-order valence-corrected chi connectivity index (χ3v) is 5.55. The summed E-state index contributed by atoms with van der Waals surface area (Å²) in [4.78, 5) is 13.1. The van der Waals surface area contributed by atoms with Gasteiger partial charge in [0.15, 0.2) is 0 Å². The molecule has 1 aliphatic carbocycles. The van der Waals surface area contributed by atoms with Gasteiger partial charge < -0.3 is 16.2 Å². The van der Waals surface area contributed by atoms with Crippen molar-refractivity contribution in [3.8, 4) is 0 Å². The van der Waals surface area contributed by atoms with Gasteiger partial charge in [0.05, 0.1) is 0 Å². The Labute approximate surface area is 134 Å². The summed E-state index contributed by atoms with van der Waals surface area (Å²) in [5, 5.41) is 14.3. The summed E-state index contributed by atoms with van der Waals surface area (Å²) in [5.41, 5.74) is 5.93. The molecule has 118 valence electrons. The van der Waals surface area contributed by atoms with Crippen LogP contribution in [0.4, 0.5) is 0 Å². The lowest BCUT2D eigenvalue weighted by Crippen LogP contribution is -2.39. The molecule has 22 heavy (non-hydrogen) atoms. The topological polar surface area (TPSA) is 75.4 Å². The SMILES string of the molecule is NC1CCCC(C(=O)NCC(O)c2cc3ccccc3s2)C1. The van der Waals surface area contributed by atoms with Crippen LogP contribution in [0.3, 0.4) is 0 Å². The number of aliphatic hydroxyl groups excluding tert-OH is 1. The third-order valence-electron chi connectivity index (χ3n) is 4.33. The summed E-state index contributed by atoms with van der Waals surface area (Å²) in [6.45, 7) is 0.261. The van der Waals surface area contributed by atoms with Crippen LogP contribution in [-0.2, 0) is 4.79 Å². The van der Waals surface area contributed by atoms with Gasteiger partial charge >= 0.3 is 0 Å². The first-order valence-electron chi connectivity index (χ1n) is 7.83. The van der Waals surface area contributed by atoms with E-state index in [1.165, 1.54) is 0 Å². The van der Waals surface area contributed by atoms with Gasteiger partial charge in [-0.2, -0.15) is 0 Å². The van der Waals surface area contributed by atoms with Gasteiger partial charge in [-0.05, 0) is 36.8 Å². The largest absolute Gasteiger partial charge is 0.386 e. The van der Waals surface area contributed by atoms with Crippen molar-refractivity contribution in [2.75, 3.05) is 6.54 Å². The number of nitrogens with two attached hydrogens (primary N) is 1. The summed E-state index contributed by atoms with van der Waals surface area (Å²) < 4.78 is 1.15. The second-order valence-electron chi connectivity index (χ2n) is 6.07. The molecule has 1 saturated carbocycles. The van der Waals surface area contributed by atoms with Crippen molar-refractivity contribution < 1.29 is 9.90 Å². The predicted octanol–water partition coefficient (Wildman–Crippen LogP) is 2.57. The molecule has 1 aliphatic rings. The van der Waals surface area contributed by atoms with Gasteiger partial charge in [0.2, 0.25) is 5.91 Å². The highest BCUT2D eigenvalue weighted by Crippen LogP contribution is 2.29. The molecular formula is C17H22N2O2S. The Morgan fingerprint density at radius 3 is 3.00 bits per heavy atom. The van der Waals surface area contributed by atoms with Crippen molar-refractivity contribution in [2.45, 2.75) is 37.8 Å². The first-order chi connectivity index (χ1) is 10.6. The molecule has 1 fully saturated rings. The molecule has 1 heterocycles. The molecule has 3 unspecified atom stereocenters. The van der Waals surface area contributed by atoms with Crippen LogP contribution in [0.5, 0.6) is 0 Å². The molecule has 0 aliphatic heterocycles. The van der Waals surface area contributed by atoms with E-state index in [-0.39, 0.29) is 24.4 Å². The molecule has 3 atom stereocenters. The Balaban J connectivity index is 1.57. The number of thiophene rings is 1. The van der Waals surface area contributed by atoms with Crippen LogP contribution in [0, 0.1) is 5.92 Å². The second-order valence-corrected chi connectivity index (χ2v) is 7.19. The zero-order valence-electron chi connectivity index (χ0n) is 12.5. The van der Waals surface area contributed by atoms with Crippen molar-refractivity contribution >= 4 is 27.3 Å². The quantitative estimate of drug-likeness (QED) is 0.811. The van der Waals surface area contributed by atoms with E-state index in [4.69, 9.17) is 5.73 Å². The fraction of sp³-hybridized carbons (Fsp3) is 0.471. The molecule has 4 N–H and O–H groups in total. The molecule has 1 aromatic heterocycles. The van der Waals surface area contributed by atoms with Crippen LogP contribution < -0.4 is 11.1 Å². The maximum absolute atomic E-state index is 12.2. The summed E-state index contributed by atoms with van der Waals surface area (Å²) in [5.74, 6) is 0.0219. The second kappa shape index (κ2) is 6.77. The van der Waals surface area contributed by atoms with E-state index in [9.17, 15) is 9.90 Å². The standard InChI is InChI=1S/C17H22N2O2S/c18-13-6-3-5-12(8-13)17(21)19-10-14(20)16-9-11-4-1-2-7-15(11)22-16/h1-2,4,7,9,12-14,20H,3,5-6,8,10,18H2,(H,19,21). The van der Waals surface area contributed by atoms with Crippen LogP contribution >= 0.6 is 11.3 Å². The molecule has 1 amide bonds. The molecule has 0 saturated heterocycles. The highest BCUT2D eigenvalue weighted by Gasteiger charge is 2.25. The Kier molecular flexibility index (Phi) is 4.76. The molecule has 2 aromatic rings. The number of amides is 1. The zero-order chi connectivity index (χ0) is 15.5. The average Bonchev–Trinajstić information content (AvgIpc) is 2.96. The maximum Gasteiger partial charge on any atom is 0.223 e. The normalized spacial score (nSPS) is 23.4. The average molecular weight is 318 g/mol. The van der Waals surface area contributed by atoms with E-state index in [0.717, 1.165) is 40.6 Å². The Morgan fingerprint density at radius 2 is 2.23 bits per heavy atom. The molecule has 0 spiro atoms. The van der Waals surface area contributed by atoms with Crippen molar-refractivity contribution in [3.63, 3.8) is 0 Å². The van der Waals surface area contributed by atoms with Crippen LogP contribution in [0.15, 0.2) is 30.3 Å². The molecule has 5 heteroatoms. The number of fused-ring (bicyclic) bond motifs is 1. The molecule has 1 aromatic carbocycles. The van der Waals surface area contributed by atoms with Gasteiger partial charge in [0.1, 0.15) is 6.10 Å². The molecule has 3 rings (SSSR count). The predicted molar refractivity (Wildman–Crippen MR) is 89.7 cm³/mol. The number of benzene rings is 1. The van der Waals surface area contributed by atoms with Crippen LogP contribution in [0.1, 0.15) is 36.7 Å². The van der Waals surface area contributed by atoms with E-state index < -0.39 is 6.10 Å². The Morgan fingerprint density at radius 1 is 1.41 bits per heavy atom. The number of aliphatic hydroxyl groups is 1. The molecular weight excluding hydrogens is 296 g/mol. The minimum absolute atomic E-state index is 0.00152. The van der Waals surface area contributed by atoms with E-state index in [1.807, 2.05) is 30.3 Å². The van der Waals surface area contributed by atoms with Crippen LogP contribution in [-0.4, -0.2) is 23.6 Å². The maximum atomic E-state index is 12.2. The van der Waals surface area contributed by atoms with Crippen molar-refractivity contribution in [3.05, 3.63) is 35.2 Å². The fourth-order valence-electron chi connectivity index (χ4n) is 3.07. The van der Waals surface area contributed by atoms with Crippen LogP contribution in [0.25, 0.3) is 10.1 Å². The van der Waals surface area contributed by atoms with Gasteiger partial charge in [0, 0.05) is 28.1 Å². The first-order valence-corrected chi connectivity index (χ1v) is 8.65. The smallest absolute Gasteiger partial charge is 0.223 e. The first kappa shape index (κ1) is 15.5. The molecule has 0 bridgehead atoms. The van der Waals surface area contributed by atoms with Gasteiger partial charge in [-0.1, -0.05) is 24.6 Å². The zero-order valence-corrected chi connectivity index (χ0v) is 13.3. The highest BCUT2D eigenvalue weighted by atomic mass is 32.1. The fourth-order valence-corrected chi connectivity index (χ4v) is 4.13. The van der Waals surface area contributed by atoms with E-state index >= 15 is 0 Å². The lowest BCUT2D eigenvalue weighted by molar-refractivity contribution is -0.126. The minimum atomic E-state index is -0.654. The Bertz CT molecular complexity index is 622. The minimum Gasteiger partial charge on any atom is -0.386 e. The number of carbonyl (C=O) groups excluding carboxylic acids is 1. The summed E-state index contributed by atoms with van der Waals surface area (Å²) in [7, 11) is 0. The number of carbonyl (C=O) groups is 1. The lowest BCUT2D eigenvalue weighted by Gasteiger charge is -2.26. The van der Waals surface area contributed by atoms with Crippen molar-refractivity contribution in [1.29, 1.82) is 0 Å². The summed E-state index contributed by atoms with van der Waals surface area (Å²) >= 11 is 1.57. The van der Waals surface area contributed by atoms with Gasteiger partial charge in [0.25, 0.3) is 0 Å². The lowest BCUT2D eigenvalue weighted by atomic mass is 9.85. The van der Waals surface area contributed by atoms with E-state index in [0.29, 0.717) is 0 Å². The monoisotopic (exact) mass is 318 g/mol. The van der Waals surface area contributed by atoms with Crippen molar-refractivity contribution in [1.82, 2.24) is 5.32 Å². The number of hydrogen-bond acceptors (Lipinski definition) is 4. The summed E-state index contributed by atoms with van der Waals surface area (Å²) in [6, 6.07) is 10.2. The number of hydrogen-bond donors (Lipinski definition) is 3. The third kappa shape index (κ3) is 3.48. The van der Waals surface area contributed by atoms with Gasteiger partial charge in [-0.15, -0.1) is 11.3 Å². The van der Waals surface area contributed by atoms with Gasteiger partial charge in [-0.25, -0.2) is 0 Å². The van der Waals surface area contributed by atoms with Gasteiger partial charge in [-0.3, -0.25) is 4.79 Å². The Hall–Kier alpha value is -1.43. The molecule has 0 radical (unpaired) electrons. The molecule has 4 nitrogen and oxygen atoms in total. The van der Waals surface area contributed by atoms with Crippen LogP contribution in [0.2, 0.25) is 0 Å². The summed E-state index contributed by atoms with van der Waals surface area (Å²) in [6.07, 6.45) is 3.02. The highest BCUT2D eigenvalue weighted by molar-refractivity contribution is 7.19. The van der Waals surface area contributed by atoms with E-state index in [1.54, 1.807) is 11.3 Å². The van der Waals surface area contributed by atoms with E-state index in [2.05, 4.69) is 5.32 Å². The number of rotatable bonds is 4.